The Morgan fingerprint density at radius 3 is 2.04 bits per heavy atom. The molecule has 0 aliphatic carbocycles. The van der Waals surface area contributed by atoms with E-state index in [0.29, 0.717) is 11.1 Å². The smallest absolute Gasteiger partial charge is 0.413 e. The van der Waals surface area contributed by atoms with Crippen molar-refractivity contribution in [3.63, 3.8) is 0 Å². The monoisotopic (exact) mass is 618 g/mol. The lowest BCUT2D eigenvalue weighted by atomic mass is 10.1. The molecule has 3 amide bonds. The molecule has 0 bridgehead atoms. The number of fused-ring (bicyclic) bond motifs is 1. The van der Waals surface area contributed by atoms with Crippen LogP contribution in [0.15, 0.2) is 113 Å². The third kappa shape index (κ3) is 7.42. The number of aromatic nitrogens is 2. The van der Waals surface area contributed by atoms with Gasteiger partial charge in [-0.2, -0.15) is 0 Å². The van der Waals surface area contributed by atoms with Gasteiger partial charge in [-0.15, -0.1) is 0 Å². The molecule has 12 heteroatoms. The fourth-order valence-electron chi connectivity index (χ4n) is 4.75. The Kier molecular flexibility index (Phi) is 9.47. The molecule has 0 spiro atoms. The number of amidine groups is 1. The van der Waals surface area contributed by atoms with Crippen molar-refractivity contribution in [2.75, 3.05) is 0 Å². The molecule has 0 saturated carbocycles. The van der Waals surface area contributed by atoms with E-state index in [4.69, 9.17) is 15.9 Å². The SMILES string of the molecule is N=C(NC(=O)OCc1ccccc1)c1ccc(CNC(=O)Cn2c(=O)n(Cc3ccccc3)c(=O)c3ccc(C(N)=O)cc32)cc1. The number of rotatable bonds is 10. The van der Waals surface area contributed by atoms with Crippen LogP contribution in [0.4, 0.5) is 4.79 Å². The number of nitrogens with zero attached hydrogens (tertiary/aromatic N) is 2. The lowest BCUT2D eigenvalue weighted by Gasteiger charge is -2.15. The van der Waals surface area contributed by atoms with E-state index in [1.54, 1.807) is 48.5 Å². The molecule has 5 aromatic rings. The van der Waals surface area contributed by atoms with Gasteiger partial charge in [0.1, 0.15) is 19.0 Å². The zero-order valence-electron chi connectivity index (χ0n) is 24.6. The molecule has 4 aromatic carbocycles. The molecule has 0 aliphatic heterocycles. The van der Waals surface area contributed by atoms with Crippen LogP contribution in [0.2, 0.25) is 0 Å². The topological polar surface area (TPSA) is 178 Å². The first-order valence-electron chi connectivity index (χ1n) is 14.2. The van der Waals surface area contributed by atoms with Gasteiger partial charge in [0.2, 0.25) is 11.8 Å². The van der Waals surface area contributed by atoms with Gasteiger partial charge in [0.15, 0.2) is 0 Å². The number of carbonyl (C=O) groups excluding carboxylic acids is 3. The van der Waals surface area contributed by atoms with Crippen LogP contribution in [-0.4, -0.2) is 32.9 Å². The molecule has 5 N–H and O–H groups in total. The average Bonchev–Trinajstić information content (AvgIpc) is 3.07. The van der Waals surface area contributed by atoms with Crippen molar-refractivity contribution < 1.29 is 19.1 Å². The fourth-order valence-corrected chi connectivity index (χ4v) is 4.75. The van der Waals surface area contributed by atoms with E-state index in [9.17, 15) is 24.0 Å². The molecule has 5 rings (SSSR count). The van der Waals surface area contributed by atoms with E-state index in [-0.39, 0.29) is 42.0 Å². The minimum absolute atomic E-state index is 0.00536. The molecule has 0 saturated heterocycles. The molecular weight excluding hydrogens is 588 g/mol. The number of carbonyl (C=O) groups is 3. The number of hydrogen-bond donors (Lipinski definition) is 4. The number of alkyl carbamates (subject to hydrolysis) is 1. The van der Waals surface area contributed by atoms with Crippen LogP contribution in [0.1, 0.15) is 32.6 Å². The molecule has 1 heterocycles. The molecule has 12 nitrogen and oxygen atoms in total. The summed E-state index contributed by atoms with van der Waals surface area (Å²) in [4.78, 5) is 63.9. The molecule has 0 fully saturated rings. The van der Waals surface area contributed by atoms with E-state index < -0.39 is 35.7 Å². The van der Waals surface area contributed by atoms with E-state index in [2.05, 4.69) is 10.6 Å². The van der Waals surface area contributed by atoms with Gasteiger partial charge in [0.25, 0.3) is 5.56 Å². The van der Waals surface area contributed by atoms with E-state index in [0.717, 1.165) is 20.3 Å². The minimum Gasteiger partial charge on any atom is -0.444 e. The molecule has 0 aliphatic rings. The Morgan fingerprint density at radius 2 is 1.39 bits per heavy atom. The third-order valence-corrected chi connectivity index (χ3v) is 7.17. The van der Waals surface area contributed by atoms with Gasteiger partial charge in [-0.3, -0.25) is 34.2 Å². The maximum Gasteiger partial charge on any atom is 0.413 e. The summed E-state index contributed by atoms with van der Waals surface area (Å²) in [6.45, 7) is -0.262. The summed E-state index contributed by atoms with van der Waals surface area (Å²) < 4.78 is 7.35. The van der Waals surface area contributed by atoms with Crippen molar-refractivity contribution in [2.24, 2.45) is 5.73 Å². The highest BCUT2D eigenvalue weighted by molar-refractivity contribution is 6.04. The highest BCUT2D eigenvalue weighted by Crippen LogP contribution is 2.13. The van der Waals surface area contributed by atoms with Crippen LogP contribution in [0.3, 0.4) is 0 Å². The number of benzene rings is 4. The van der Waals surface area contributed by atoms with Gasteiger partial charge >= 0.3 is 11.8 Å². The summed E-state index contributed by atoms with van der Waals surface area (Å²) in [6, 6.07) is 28.9. The lowest BCUT2D eigenvalue weighted by molar-refractivity contribution is -0.121. The lowest BCUT2D eigenvalue weighted by Crippen LogP contribution is -2.42. The van der Waals surface area contributed by atoms with Crippen LogP contribution in [0.5, 0.6) is 0 Å². The first-order chi connectivity index (χ1) is 22.2. The number of ether oxygens (including phenoxy) is 1. The molecular formula is C34H30N6O6. The average molecular weight is 619 g/mol. The summed E-state index contributed by atoms with van der Waals surface area (Å²) in [6.07, 6.45) is -0.758. The number of nitrogens with two attached hydrogens (primary N) is 1. The van der Waals surface area contributed by atoms with Crippen molar-refractivity contribution in [3.05, 3.63) is 152 Å². The highest BCUT2D eigenvalue weighted by Gasteiger charge is 2.17. The second-order valence-corrected chi connectivity index (χ2v) is 10.4. The summed E-state index contributed by atoms with van der Waals surface area (Å²) in [5.74, 6) is -1.41. The molecule has 46 heavy (non-hydrogen) atoms. The quantitative estimate of drug-likeness (QED) is 0.138. The van der Waals surface area contributed by atoms with Crippen LogP contribution in [0, 0.1) is 5.41 Å². The van der Waals surface area contributed by atoms with Crippen molar-refractivity contribution in [2.45, 2.75) is 26.2 Å². The molecule has 0 atom stereocenters. The summed E-state index contributed by atoms with van der Waals surface area (Å²) in [5.41, 5.74) is 7.03. The Bertz CT molecular complexity index is 2040. The Hall–Kier alpha value is -6.30. The fraction of sp³-hybridized carbons (Fsp3) is 0.118. The second kappa shape index (κ2) is 14.0. The van der Waals surface area contributed by atoms with Crippen LogP contribution in [0.25, 0.3) is 10.9 Å². The van der Waals surface area contributed by atoms with Gasteiger partial charge in [-0.1, -0.05) is 84.9 Å². The van der Waals surface area contributed by atoms with Gasteiger partial charge in [-0.25, -0.2) is 9.59 Å². The first-order valence-corrected chi connectivity index (χ1v) is 14.2. The van der Waals surface area contributed by atoms with E-state index >= 15 is 0 Å². The summed E-state index contributed by atoms with van der Waals surface area (Å²) in [5, 5.41) is 13.5. The third-order valence-electron chi connectivity index (χ3n) is 7.17. The molecule has 0 radical (unpaired) electrons. The van der Waals surface area contributed by atoms with Gasteiger partial charge in [0.05, 0.1) is 17.4 Å². The Balaban J connectivity index is 1.27. The Morgan fingerprint density at radius 1 is 0.761 bits per heavy atom. The maximum atomic E-state index is 13.6. The molecule has 1 aromatic heterocycles. The largest absolute Gasteiger partial charge is 0.444 e. The summed E-state index contributed by atoms with van der Waals surface area (Å²) in [7, 11) is 0. The predicted octanol–water partition coefficient (Wildman–Crippen LogP) is 2.88. The zero-order valence-corrected chi connectivity index (χ0v) is 24.6. The van der Waals surface area contributed by atoms with Gasteiger partial charge in [-0.05, 0) is 34.9 Å². The van der Waals surface area contributed by atoms with Gasteiger partial charge in [0, 0.05) is 17.7 Å². The summed E-state index contributed by atoms with van der Waals surface area (Å²) >= 11 is 0. The number of hydrogen-bond acceptors (Lipinski definition) is 7. The first kappa shape index (κ1) is 31.1. The van der Waals surface area contributed by atoms with Crippen LogP contribution < -0.4 is 27.6 Å². The Labute approximate surface area is 262 Å². The van der Waals surface area contributed by atoms with Gasteiger partial charge < -0.3 is 15.8 Å². The number of primary amides is 1. The van der Waals surface area contributed by atoms with Crippen molar-refractivity contribution in [1.29, 1.82) is 5.41 Å². The van der Waals surface area contributed by atoms with Crippen LogP contribution >= 0.6 is 0 Å². The van der Waals surface area contributed by atoms with E-state index in [1.165, 1.54) is 18.2 Å². The second-order valence-electron chi connectivity index (χ2n) is 10.4. The maximum absolute atomic E-state index is 13.6. The zero-order chi connectivity index (χ0) is 32.6. The van der Waals surface area contributed by atoms with Crippen molar-refractivity contribution >= 4 is 34.6 Å². The number of nitrogens with one attached hydrogen (secondary N) is 3. The number of amides is 3. The highest BCUT2D eigenvalue weighted by atomic mass is 16.5. The van der Waals surface area contributed by atoms with E-state index in [1.807, 2.05) is 36.4 Å². The van der Waals surface area contributed by atoms with Crippen molar-refractivity contribution in [1.82, 2.24) is 19.8 Å². The molecule has 232 valence electrons. The molecule has 0 unspecified atom stereocenters. The predicted molar refractivity (Wildman–Crippen MR) is 171 cm³/mol. The van der Waals surface area contributed by atoms with Crippen molar-refractivity contribution in [3.8, 4) is 0 Å². The van der Waals surface area contributed by atoms with Crippen LogP contribution in [-0.2, 0) is 35.8 Å². The normalized spacial score (nSPS) is 10.7. The minimum atomic E-state index is -0.758. The standard InChI is InChI=1S/C34H30N6O6/c35-30(38-33(44)46-21-24-9-5-2-6-10-24)25-13-11-22(12-14-25)18-37-29(41)20-39-28-17-26(31(36)42)15-16-27(28)32(43)40(34(39)45)19-23-7-3-1-4-8-23/h1-17H,18-21H2,(H2,36,42)(H,37,41)(H2,35,38,44).